The maximum Gasteiger partial charge on any atom is 0.350 e. The predicted molar refractivity (Wildman–Crippen MR) is 201 cm³/mol. The number of ether oxygens (including phenoxy) is 3. The molecule has 3 aliphatic rings. The molecule has 1 heterocycles. The monoisotopic (exact) mass is 716 g/mol. The lowest BCUT2D eigenvalue weighted by Crippen LogP contribution is -2.50. The third-order valence-electron chi connectivity index (χ3n) is 12.0. The van der Waals surface area contributed by atoms with E-state index in [1.54, 1.807) is 13.8 Å². The number of fused-ring (bicyclic) bond motifs is 1. The Kier molecular flexibility index (Phi) is 12.3. The Morgan fingerprint density at radius 3 is 2.12 bits per heavy atom. The molecule has 0 aromatic heterocycles. The molecule has 7 atom stereocenters. The normalized spacial score (nSPS) is 28.4. The highest BCUT2D eigenvalue weighted by Gasteiger charge is 2.47. The molecule has 1 saturated heterocycles. The van der Waals surface area contributed by atoms with Gasteiger partial charge in [-0.05, 0) is 117 Å². The van der Waals surface area contributed by atoms with Crippen LogP contribution in [0.25, 0.3) is 0 Å². The zero-order valence-electron chi connectivity index (χ0n) is 32.7. The first-order valence-electron chi connectivity index (χ1n) is 18.5. The Bertz CT molecular complexity index is 1340. The summed E-state index contributed by atoms with van der Waals surface area (Å²) in [7, 11) is -3.98. The summed E-state index contributed by atoms with van der Waals surface area (Å²) in [5, 5.41) is 0.219. The van der Waals surface area contributed by atoms with E-state index >= 15 is 0 Å². The van der Waals surface area contributed by atoms with Crippen molar-refractivity contribution in [2.75, 3.05) is 6.61 Å². The average Bonchev–Trinajstić information content (AvgIpc) is 2.96. The number of esters is 1. The number of benzene rings is 1. The van der Waals surface area contributed by atoms with Crippen LogP contribution in [0.1, 0.15) is 94.4 Å². The Hall–Kier alpha value is -1.79. The van der Waals surface area contributed by atoms with Crippen molar-refractivity contribution in [3.63, 3.8) is 0 Å². The van der Waals surface area contributed by atoms with E-state index in [0.29, 0.717) is 18.1 Å². The molecule has 0 N–H and O–H groups in total. The molecule has 1 fully saturated rings. The molecule has 0 bridgehead atoms. The highest BCUT2D eigenvalue weighted by atomic mass is 28.4. The summed E-state index contributed by atoms with van der Waals surface area (Å²) < 4.78 is 46.2. The van der Waals surface area contributed by atoms with Crippen LogP contribution in [0, 0.1) is 23.6 Å². The molecule has 0 saturated carbocycles. The van der Waals surface area contributed by atoms with Gasteiger partial charge in [0.1, 0.15) is 17.7 Å². The van der Waals surface area contributed by atoms with Crippen molar-refractivity contribution in [1.29, 1.82) is 0 Å². The van der Waals surface area contributed by atoms with Gasteiger partial charge in [0.15, 0.2) is 22.2 Å². The van der Waals surface area contributed by atoms with Crippen LogP contribution in [0.2, 0.25) is 36.3 Å². The van der Waals surface area contributed by atoms with Crippen molar-refractivity contribution < 1.29 is 32.2 Å². The van der Waals surface area contributed by atoms with Crippen molar-refractivity contribution in [3.05, 3.63) is 53.9 Å². The quantitative estimate of drug-likeness (QED) is 0.168. The summed E-state index contributed by atoms with van der Waals surface area (Å²) in [6, 6.07) is 5.73. The zero-order chi connectivity index (χ0) is 36.6. The topological polar surface area (TPSA) is 63.2 Å². The third-order valence-corrected chi connectivity index (χ3v) is 21.0. The third kappa shape index (κ3) is 9.97. The minimum Gasteiger partial charge on any atom is -0.476 e. The molecule has 0 amide bonds. The van der Waals surface area contributed by atoms with Crippen LogP contribution in [0.3, 0.4) is 0 Å². The van der Waals surface area contributed by atoms with E-state index in [1.165, 1.54) is 29.8 Å². The Morgan fingerprint density at radius 2 is 1.51 bits per heavy atom. The highest BCUT2D eigenvalue weighted by molar-refractivity contribution is 6.74. The van der Waals surface area contributed by atoms with Gasteiger partial charge in [-0.3, -0.25) is 0 Å². The molecule has 49 heavy (non-hydrogen) atoms. The number of allylic oxidation sites excluding steroid dienone is 2. The first kappa shape index (κ1) is 40.0. The van der Waals surface area contributed by atoms with E-state index in [0.717, 1.165) is 32.3 Å². The number of halogens is 1. The zero-order valence-corrected chi connectivity index (χ0v) is 34.7. The van der Waals surface area contributed by atoms with Gasteiger partial charge in [0.05, 0.1) is 12.2 Å². The molecule has 276 valence electrons. The summed E-state index contributed by atoms with van der Waals surface area (Å²) >= 11 is 0. The predicted octanol–water partition coefficient (Wildman–Crippen LogP) is 10.4. The standard InChI is InChI=1S/C40H65FO6Si2/c1-27-14-15-28-24-33(47-49(12,13)39(5,6)7)26-35(44-37(42)40(8,9)45-30-18-16-29(41)17-19-30)36(28)34(27)21-20-31-25-32(22-23-43-31)46-48(10,11)38(2,3)4/h14-19,24,27,31-36H,20-23,25-26H2,1-13H3/t27-,31+,32+,33+,34-,35-,36-/m0/s1. The van der Waals surface area contributed by atoms with Crippen LogP contribution in [-0.4, -0.2) is 59.2 Å². The van der Waals surface area contributed by atoms with Crippen molar-refractivity contribution in [1.82, 2.24) is 0 Å². The summed E-state index contributed by atoms with van der Waals surface area (Å²) in [5.41, 5.74) is -0.0767. The second kappa shape index (κ2) is 15.1. The van der Waals surface area contributed by atoms with E-state index in [-0.39, 0.29) is 52.1 Å². The van der Waals surface area contributed by atoms with Crippen molar-refractivity contribution in [2.45, 2.75) is 161 Å². The van der Waals surface area contributed by atoms with Gasteiger partial charge in [-0.2, -0.15) is 0 Å². The van der Waals surface area contributed by atoms with Crippen LogP contribution in [0.4, 0.5) is 4.39 Å². The van der Waals surface area contributed by atoms with Crippen molar-refractivity contribution in [2.24, 2.45) is 17.8 Å². The van der Waals surface area contributed by atoms with Crippen LogP contribution >= 0.6 is 0 Å². The lowest BCUT2D eigenvalue weighted by molar-refractivity contribution is -0.170. The molecular weight excluding hydrogens is 652 g/mol. The van der Waals surface area contributed by atoms with E-state index in [1.807, 2.05) is 0 Å². The summed E-state index contributed by atoms with van der Waals surface area (Å²) in [6.07, 6.45) is 11.1. The van der Waals surface area contributed by atoms with Crippen LogP contribution in [0.15, 0.2) is 48.1 Å². The lowest BCUT2D eigenvalue weighted by Gasteiger charge is -2.46. The molecule has 6 nitrogen and oxygen atoms in total. The van der Waals surface area contributed by atoms with E-state index in [9.17, 15) is 9.18 Å². The van der Waals surface area contributed by atoms with E-state index in [4.69, 9.17) is 23.1 Å². The average molecular weight is 717 g/mol. The fourth-order valence-corrected chi connectivity index (χ4v) is 9.53. The Balaban J connectivity index is 1.55. The molecule has 2 aliphatic carbocycles. The van der Waals surface area contributed by atoms with Crippen LogP contribution < -0.4 is 4.74 Å². The fourth-order valence-electron chi connectivity index (χ4n) is 6.85. The van der Waals surface area contributed by atoms with Crippen molar-refractivity contribution in [3.8, 4) is 5.75 Å². The smallest absolute Gasteiger partial charge is 0.350 e. The highest BCUT2D eigenvalue weighted by Crippen LogP contribution is 2.47. The maximum atomic E-state index is 13.9. The van der Waals surface area contributed by atoms with Gasteiger partial charge in [-0.1, -0.05) is 66.7 Å². The van der Waals surface area contributed by atoms with Gasteiger partial charge < -0.3 is 23.1 Å². The molecule has 0 radical (unpaired) electrons. The minimum atomic E-state index is -2.10. The van der Waals surface area contributed by atoms with Gasteiger partial charge in [0.2, 0.25) is 0 Å². The molecule has 0 spiro atoms. The maximum absolute atomic E-state index is 13.9. The summed E-state index contributed by atoms with van der Waals surface area (Å²) in [4.78, 5) is 13.9. The second-order valence-electron chi connectivity index (χ2n) is 18.3. The van der Waals surface area contributed by atoms with Gasteiger partial charge in [0, 0.05) is 25.0 Å². The van der Waals surface area contributed by atoms with Gasteiger partial charge in [0.25, 0.3) is 0 Å². The lowest BCUT2D eigenvalue weighted by atomic mass is 9.66. The number of rotatable bonds is 11. The molecular formula is C40H65FO6Si2. The fraction of sp³-hybridized carbons (Fsp3) is 0.725. The Labute approximate surface area is 298 Å². The first-order valence-corrected chi connectivity index (χ1v) is 24.3. The largest absolute Gasteiger partial charge is 0.476 e. The summed E-state index contributed by atoms with van der Waals surface area (Å²) in [5.74, 6) is 0.248. The Morgan fingerprint density at radius 1 is 0.898 bits per heavy atom. The molecule has 9 heteroatoms. The molecule has 4 rings (SSSR count). The molecule has 1 aliphatic heterocycles. The summed E-state index contributed by atoms with van der Waals surface area (Å²) in [6.45, 7) is 29.3. The molecule has 0 unspecified atom stereocenters. The van der Waals surface area contributed by atoms with Crippen LogP contribution in [0.5, 0.6) is 5.75 Å². The second-order valence-corrected chi connectivity index (χ2v) is 27.8. The minimum absolute atomic E-state index is 0.0349. The number of carbonyl (C=O) groups is 1. The SMILES string of the molecule is C[C@H]1C=CC2=C[C@@H](O[Si](C)(C)C(C)(C)C)C[C@H](OC(=O)C(C)(C)Oc3ccc(F)cc3)[C@@H]2[C@H]1CC[C@@H]1C[C@H](O[Si](C)(C)C(C)(C)C)CCO1. The van der Waals surface area contributed by atoms with Gasteiger partial charge in [-0.15, -0.1) is 0 Å². The van der Waals surface area contributed by atoms with Crippen LogP contribution in [-0.2, 0) is 23.1 Å². The van der Waals surface area contributed by atoms with Gasteiger partial charge in [-0.25, -0.2) is 9.18 Å². The first-order chi connectivity index (χ1) is 22.5. The molecule has 1 aromatic rings. The number of hydrogen-bond acceptors (Lipinski definition) is 6. The van der Waals surface area contributed by atoms with E-state index < -0.39 is 28.2 Å². The van der Waals surface area contributed by atoms with Gasteiger partial charge >= 0.3 is 5.97 Å². The van der Waals surface area contributed by atoms with E-state index in [2.05, 4.69) is 92.9 Å². The van der Waals surface area contributed by atoms with Crippen molar-refractivity contribution >= 4 is 22.6 Å². The number of carbonyl (C=O) groups excluding carboxylic acids is 1. The number of hydrogen-bond donors (Lipinski definition) is 0. The molecule has 1 aromatic carbocycles.